The number of hydrogen-bond donors (Lipinski definition) is 0. The van der Waals surface area contributed by atoms with Gasteiger partial charge in [-0.05, 0) is 18.4 Å². The first kappa shape index (κ1) is 13.3. The lowest BCUT2D eigenvalue weighted by molar-refractivity contribution is -0.0422. The molecule has 1 aliphatic rings. The van der Waals surface area contributed by atoms with Gasteiger partial charge in [0.15, 0.2) is 0 Å². The number of halogens is 1. The number of sulfonamides is 1. The monoisotopic (exact) mass is 295 g/mol. The Kier molecular flexibility index (Phi) is 4.10. The van der Waals surface area contributed by atoms with Crippen LogP contribution in [-0.4, -0.2) is 43.9 Å². The van der Waals surface area contributed by atoms with Crippen LogP contribution in [0.5, 0.6) is 0 Å². The van der Waals surface area contributed by atoms with Gasteiger partial charge in [-0.3, -0.25) is 0 Å². The van der Waals surface area contributed by atoms with Gasteiger partial charge in [0.2, 0.25) is 0 Å². The normalized spacial score (nSPS) is 27.2. The van der Waals surface area contributed by atoms with Crippen LogP contribution in [0.25, 0.3) is 0 Å². The lowest BCUT2D eigenvalue weighted by Crippen LogP contribution is -2.49. The van der Waals surface area contributed by atoms with Crippen LogP contribution in [0.4, 0.5) is 0 Å². The molecule has 1 saturated heterocycles. The van der Waals surface area contributed by atoms with E-state index in [0.29, 0.717) is 23.2 Å². The summed E-state index contributed by atoms with van der Waals surface area (Å²) in [5.74, 6) is 0.306. The van der Waals surface area contributed by atoms with Crippen LogP contribution in [0.3, 0.4) is 0 Å². The molecule has 7 heteroatoms. The van der Waals surface area contributed by atoms with E-state index in [0.717, 1.165) is 0 Å². The molecule has 2 atom stereocenters. The first-order chi connectivity index (χ1) is 8.04. The summed E-state index contributed by atoms with van der Waals surface area (Å²) in [7, 11) is -3.38. The van der Waals surface area contributed by atoms with Crippen LogP contribution in [0.15, 0.2) is 21.7 Å². The van der Waals surface area contributed by atoms with E-state index in [2.05, 4.69) is 0 Å². The van der Waals surface area contributed by atoms with Gasteiger partial charge in [-0.15, -0.1) is 22.9 Å². The zero-order valence-corrected chi connectivity index (χ0v) is 11.8. The summed E-state index contributed by atoms with van der Waals surface area (Å²) < 4.78 is 32.0. The number of nitrogens with zero attached hydrogens (tertiary/aromatic N) is 1. The van der Waals surface area contributed by atoms with E-state index in [4.69, 9.17) is 16.3 Å². The Labute approximate surface area is 110 Å². The predicted octanol–water partition coefficient (Wildman–Crippen LogP) is 1.76. The summed E-state index contributed by atoms with van der Waals surface area (Å²) in [6.07, 6.45) is -0.350. The molecule has 0 bridgehead atoms. The summed E-state index contributed by atoms with van der Waals surface area (Å²) in [4.78, 5) is 0. The van der Waals surface area contributed by atoms with Crippen LogP contribution in [0, 0.1) is 0 Å². The molecule has 0 amide bonds. The second kappa shape index (κ2) is 5.24. The van der Waals surface area contributed by atoms with Crippen molar-refractivity contribution in [2.24, 2.45) is 0 Å². The third-order valence-electron chi connectivity index (χ3n) is 2.55. The van der Waals surface area contributed by atoms with E-state index in [1.807, 2.05) is 6.92 Å². The lowest BCUT2D eigenvalue weighted by atomic mass is 10.3. The van der Waals surface area contributed by atoms with Crippen molar-refractivity contribution in [3.63, 3.8) is 0 Å². The van der Waals surface area contributed by atoms with Gasteiger partial charge in [0, 0.05) is 19.0 Å². The van der Waals surface area contributed by atoms with Gasteiger partial charge in [0.05, 0.1) is 12.2 Å². The lowest BCUT2D eigenvalue weighted by Gasteiger charge is -2.34. The SMILES string of the molecule is CC1CN(S(=O)(=O)c2cccs2)CC(CCl)O1. The number of rotatable bonds is 3. The highest BCUT2D eigenvalue weighted by atomic mass is 35.5. The molecule has 1 aliphatic heterocycles. The van der Waals surface area contributed by atoms with Gasteiger partial charge in [0.1, 0.15) is 4.21 Å². The molecule has 1 aromatic heterocycles. The quantitative estimate of drug-likeness (QED) is 0.799. The highest BCUT2D eigenvalue weighted by Crippen LogP contribution is 2.24. The number of ether oxygens (including phenoxy) is 1. The minimum Gasteiger partial charge on any atom is -0.371 e. The van der Waals surface area contributed by atoms with Gasteiger partial charge < -0.3 is 4.74 Å². The third kappa shape index (κ3) is 2.82. The Morgan fingerprint density at radius 1 is 1.59 bits per heavy atom. The van der Waals surface area contributed by atoms with Gasteiger partial charge in [-0.1, -0.05) is 6.07 Å². The summed E-state index contributed by atoms with van der Waals surface area (Å²) in [6.45, 7) is 2.57. The Balaban J connectivity index is 2.22. The first-order valence-corrected chi connectivity index (χ1v) is 8.14. The van der Waals surface area contributed by atoms with Crippen molar-refractivity contribution in [2.75, 3.05) is 19.0 Å². The van der Waals surface area contributed by atoms with E-state index in [1.54, 1.807) is 17.5 Å². The molecule has 0 aliphatic carbocycles. The standard InChI is InChI=1S/C10H14ClNO3S2/c1-8-6-12(7-9(5-11)15-8)17(13,14)10-3-2-4-16-10/h2-4,8-9H,5-7H2,1H3. The van der Waals surface area contributed by atoms with Gasteiger partial charge >= 0.3 is 0 Å². The average Bonchev–Trinajstić information content (AvgIpc) is 2.82. The Morgan fingerprint density at radius 2 is 2.35 bits per heavy atom. The molecule has 2 heterocycles. The van der Waals surface area contributed by atoms with Gasteiger partial charge in [-0.25, -0.2) is 8.42 Å². The van der Waals surface area contributed by atoms with Crippen molar-refractivity contribution in [3.8, 4) is 0 Å². The van der Waals surface area contributed by atoms with Gasteiger partial charge in [-0.2, -0.15) is 4.31 Å². The topological polar surface area (TPSA) is 46.6 Å². The minimum absolute atomic E-state index is 0.123. The van der Waals surface area contributed by atoms with E-state index in [1.165, 1.54) is 15.6 Å². The summed E-state index contributed by atoms with van der Waals surface area (Å²) >= 11 is 6.97. The molecule has 0 spiro atoms. The van der Waals surface area contributed by atoms with E-state index in [9.17, 15) is 8.42 Å². The predicted molar refractivity (Wildman–Crippen MR) is 68.1 cm³/mol. The fourth-order valence-electron chi connectivity index (χ4n) is 1.82. The average molecular weight is 296 g/mol. The van der Waals surface area contributed by atoms with Crippen LogP contribution in [-0.2, 0) is 14.8 Å². The van der Waals surface area contributed by atoms with Gasteiger partial charge in [0.25, 0.3) is 10.0 Å². The smallest absolute Gasteiger partial charge is 0.252 e. The first-order valence-electron chi connectivity index (χ1n) is 5.29. The van der Waals surface area contributed by atoms with Crippen molar-refractivity contribution < 1.29 is 13.2 Å². The van der Waals surface area contributed by atoms with Crippen LogP contribution in [0.1, 0.15) is 6.92 Å². The summed E-state index contributed by atoms with van der Waals surface area (Å²) in [6, 6.07) is 3.36. The Bertz CT molecular complexity index is 460. The number of alkyl halides is 1. The highest BCUT2D eigenvalue weighted by Gasteiger charge is 2.33. The molecule has 17 heavy (non-hydrogen) atoms. The van der Waals surface area contributed by atoms with E-state index < -0.39 is 10.0 Å². The maximum atomic E-state index is 12.3. The zero-order chi connectivity index (χ0) is 12.5. The minimum atomic E-state index is -3.38. The third-order valence-corrected chi connectivity index (χ3v) is 6.10. The number of hydrogen-bond acceptors (Lipinski definition) is 4. The molecule has 2 rings (SSSR count). The molecule has 4 nitrogen and oxygen atoms in total. The Morgan fingerprint density at radius 3 is 2.94 bits per heavy atom. The molecular formula is C10H14ClNO3S2. The largest absolute Gasteiger partial charge is 0.371 e. The maximum Gasteiger partial charge on any atom is 0.252 e. The molecule has 1 aromatic rings. The van der Waals surface area contributed by atoms with Crippen LogP contribution < -0.4 is 0 Å². The van der Waals surface area contributed by atoms with Crippen molar-refractivity contribution in [1.29, 1.82) is 0 Å². The van der Waals surface area contributed by atoms with Crippen molar-refractivity contribution in [1.82, 2.24) is 4.31 Å². The fourth-order valence-corrected chi connectivity index (χ4v) is 4.68. The second-order valence-electron chi connectivity index (χ2n) is 3.98. The highest BCUT2D eigenvalue weighted by molar-refractivity contribution is 7.91. The van der Waals surface area contributed by atoms with Crippen molar-refractivity contribution in [2.45, 2.75) is 23.3 Å². The molecule has 2 unspecified atom stereocenters. The second-order valence-corrected chi connectivity index (χ2v) is 7.40. The van der Waals surface area contributed by atoms with Crippen LogP contribution in [0.2, 0.25) is 0 Å². The molecule has 0 N–H and O–H groups in total. The number of morpholine rings is 1. The molecule has 0 aromatic carbocycles. The molecular weight excluding hydrogens is 282 g/mol. The molecule has 1 fully saturated rings. The van der Waals surface area contributed by atoms with Crippen molar-refractivity contribution in [3.05, 3.63) is 17.5 Å². The summed E-state index contributed by atoms with van der Waals surface area (Å²) in [5, 5.41) is 1.76. The Hall–Kier alpha value is -0.140. The molecule has 0 radical (unpaired) electrons. The maximum absolute atomic E-state index is 12.3. The fraction of sp³-hybridized carbons (Fsp3) is 0.600. The van der Waals surface area contributed by atoms with Crippen LogP contribution >= 0.6 is 22.9 Å². The van der Waals surface area contributed by atoms with E-state index in [-0.39, 0.29) is 12.2 Å². The summed E-state index contributed by atoms with van der Waals surface area (Å²) in [5.41, 5.74) is 0. The van der Waals surface area contributed by atoms with E-state index >= 15 is 0 Å². The molecule has 0 saturated carbocycles. The van der Waals surface area contributed by atoms with Crippen molar-refractivity contribution >= 4 is 33.0 Å². The zero-order valence-electron chi connectivity index (χ0n) is 9.37. The molecule has 96 valence electrons. The number of thiophene rings is 1.